The standard InChI is InChI=1S/C23H33N3O8.C2H6/c1-24-7-9-31-10-11-32-12-13-33-14-15-34-17-5-6-18-19(16-17)23(30)26(22(18)29)20(4-3-8-27)21(28)25-2;1-2/h5-6,8,16,20,24H,3-4,7,9-15H2,1-2H3,(H,25,28);1-2H3. The molecule has 0 aliphatic carbocycles. The van der Waals surface area contributed by atoms with Gasteiger partial charge >= 0.3 is 0 Å². The Morgan fingerprint density at radius 2 is 1.50 bits per heavy atom. The average Bonchev–Trinajstić information content (AvgIpc) is 3.15. The second-order valence-electron chi connectivity index (χ2n) is 7.35. The Hall–Kier alpha value is -2.86. The van der Waals surface area contributed by atoms with Gasteiger partial charge in [-0.2, -0.15) is 0 Å². The van der Waals surface area contributed by atoms with E-state index in [2.05, 4.69) is 10.6 Å². The number of fused-ring (bicyclic) bond motifs is 1. The minimum atomic E-state index is -1.05. The van der Waals surface area contributed by atoms with Crippen LogP contribution in [-0.2, 0) is 23.8 Å². The minimum Gasteiger partial charge on any atom is -0.491 e. The van der Waals surface area contributed by atoms with E-state index in [0.717, 1.165) is 11.4 Å². The number of hydrogen-bond acceptors (Lipinski definition) is 9. The van der Waals surface area contributed by atoms with Gasteiger partial charge in [0.2, 0.25) is 5.91 Å². The average molecular weight is 510 g/mol. The summed E-state index contributed by atoms with van der Waals surface area (Å²) in [6, 6.07) is 3.51. The third kappa shape index (κ3) is 9.65. The molecular weight excluding hydrogens is 470 g/mol. The SMILES string of the molecule is CC.CNCCOCCOCCOCCOc1ccc2c(c1)C(=O)N(C(CCC=O)C(=O)NC)C2=O. The van der Waals surface area contributed by atoms with Crippen LogP contribution in [0.5, 0.6) is 5.75 Å². The first-order chi connectivity index (χ1) is 17.5. The summed E-state index contributed by atoms with van der Waals surface area (Å²) in [5.74, 6) is -1.25. The lowest BCUT2D eigenvalue weighted by Gasteiger charge is -2.24. The molecule has 2 N–H and O–H groups in total. The molecular formula is C25H39N3O8. The number of likely N-dealkylation sites (N-methyl/N-ethyl adjacent to an activating group) is 2. The molecule has 11 nitrogen and oxygen atoms in total. The van der Waals surface area contributed by atoms with Crippen LogP contribution >= 0.6 is 0 Å². The van der Waals surface area contributed by atoms with Gasteiger partial charge in [-0.3, -0.25) is 19.3 Å². The number of benzene rings is 1. The van der Waals surface area contributed by atoms with Gasteiger partial charge in [-0.15, -0.1) is 0 Å². The molecule has 1 aliphatic heterocycles. The molecule has 0 spiro atoms. The summed E-state index contributed by atoms with van der Waals surface area (Å²) >= 11 is 0. The molecule has 1 heterocycles. The second-order valence-corrected chi connectivity index (χ2v) is 7.35. The second kappa shape index (κ2) is 18.4. The summed E-state index contributed by atoms with van der Waals surface area (Å²) in [5.41, 5.74) is 0.356. The van der Waals surface area contributed by atoms with Crippen LogP contribution in [0.1, 0.15) is 47.4 Å². The molecule has 1 aromatic rings. The van der Waals surface area contributed by atoms with Crippen LogP contribution < -0.4 is 15.4 Å². The van der Waals surface area contributed by atoms with Gasteiger partial charge in [-0.05, 0) is 31.7 Å². The van der Waals surface area contributed by atoms with Gasteiger partial charge in [0, 0.05) is 20.0 Å². The Labute approximate surface area is 212 Å². The number of carbonyl (C=O) groups excluding carboxylic acids is 4. The molecule has 0 fully saturated rings. The van der Waals surface area contributed by atoms with E-state index in [4.69, 9.17) is 18.9 Å². The lowest BCUT2D eigenvalue weighted by molar-refractivity contribution is -0.124. The van der Waals surface area contributed by atoms with Crippen molar-refractivity contribution in [3.8, 4) is 5.75 Å². The number of hydrogen-bond donors (Lipinski definition) is 2. The molecule has 0 radical (unpaired) electrons. The topological polar surface area (TPSA) is 132 Å². The summed E-state index contributed by atoms with van der Waals surface area (Å²) < 4.78 is 21.8. The number of imide groups is 1. The molecule has 36 heavy (non-hydrogen) atoms. The maximum absolute atomic E-state index is 12.9. The van der Waals surface area contributed by atoms with Crippen LogP contribution in [0.4, 0.5) is 0 Å². The Balaban J connectivity index is 0.00000316. The number of amides is 3. The molecule has 202 valence electrons. The number of nitrogens with one attached hydrogen (secondary N) is 2. The van der Waals surface area contributed by atoms with Gasteiger partial charge in [0.1, 0.15) is 24.7 Å². The molecule has 0 aromatic heterocycles. The van der Waals surface area contributed by atoms with Crippen molar-refractivity contribution in [1.29, 1.82) is 0 Å². The minimum absolute atomic E-state index is 0.0509. The van der Waals surface area contributed by atoms with Crippen LogP contribution in [0, 0.1) is 0 Å². The van der Waals surface area contributed by atoms with E-state index >= 15 is 0 Å². The molecule has 0 bridgehead atoms. The first-order valence-corrected chi connectivity index (χ1v) is 12.2. The number of nitrogens with zero attached hydrogens (tertiary/aromatic N) is 1. The zero-order valence-electron chi connectivity index (χ0n) is 21.7. The van der Waals surface area contributed by atoms with E-state index in [1.54, 1.807) is 6.07 Å². The quantitative estimate of drug-likeness (QED) is 0.169. The van der Waals surface area contributed by atoms with Crippen LogP contribution in [-0.4, -0.2) is 102 Å². The molecule has 1 unspecified atom stereocenters. The molecule has 11 heteroatoms. The number of carbonyl (C=O) groups is 4. The fourth-order valence-electron chi connectivity index (χ4n) is 3.32. The van der Waals surface area contributed by atoms with Gasteiger partial charge in [-0.1, -0.05) is 13.8 Å². The highest BCUT2D eigenvalue weighted by Crippen LogP contribution is 2.29. The first kappa shape index (κ1) is 31.2. The maximum atomic E-state index is 12.9. The van der Waals surface area contributed by atoms with Gasteiger partial charge in [0.05, 0.1) is 50.8 Å². The highest BCUT2D eigenvalue weighted by molar-refractivity contribution is 6.23. The van der Waals surface area contributed by atoms with Crippen molar-refractivity contribution in [3.63, 3.8) is 0 Å². The third-order valence-electron chi connectivity index (χ3n) is 5.04. The van der Waals surface area contributed by atoms with E-state index in [1.807, 2.05) is 20.9 Å². The molecule has 1 aromatic carbocycles. The van der Waals surface area contributed by atoms with Crippen molar-refractivity contribution >= 4 is 24.0 Å². The van der Waals surface area contributed by atoms with E-state index in [0.29, 0.717) is 51.7 Å². The zero-order chi connectivity index (χ0) is 26.8. The maximum Gasteiger partial charge on any atom is 0.262 e. The number of aldehydes is 1. The lowest BCUT2D eigenvalue weighted by atomic mass is 10.1. The lowest BCUT2D eigenvalue weighted by Crippen LogP contribution is -2.48. The Bertz CT molecular complexity index is 834. The monoisotopic (exact) mass is 509 g/mol. The van der Waals surface area contributed by atoms with Crippen molar-refractivity contribution in [2.75, 3.05) is 66.9 Å². The highest BCUT2D eigenvalue weighted by atomic mass is 16.6. The van der Waals surface area contributed by atoms with Gasteiger partial charge in [-0.25, -0.2) is 0 Å². The van der Waals surface area contributed by atoms with E-state index in [9.17, 15) is 19.2 Å². The Morgan fingerprint density at radius 1 is 0.917 bits per heavy atom. The van der Waals surface area contributed by atoms with Crippen LogP contribution in [0.3, 0.4) is 0 Å². The van der Waals surface area contributed by atoms with Gasteiger partial charge in [0.25, 0.3) is 11.8 Å². The van der Waals surface area contributed by atoms with Gasteiger partial charge in [0.15, 0.2) is 0 Å². The molecule has 3 amide bonds. The van der Waals surface area contributed by atoms with Crippen LogP contribution in [0.2, 0.25) is 0 Å². The van der Waals surface area contributed by atoms with Crippen LogP contribution in [0.25, 0.3) is 0 Å². The molecule has 2 rings (SSSR count). The van der Waals surface area contributed by atoms with Crippen LogP contribution in [0.15, 0.2) is 18.2 Å². The van der Waals surface area contributed by atoms with Crippen molar-refractivity contribution < 1.29 is 38.1 Å². The Kier molecular flexibility index (Phi) is 15.9. The first-order valence-electron chi connectivity index (χ1n) is 12.2. The predicted molar refractivity (Wildman–Crippen MR) is 133 cm³/mol. The molecule has 0 saturated carbocycles. The highest BCUT2D eigenvalue weighted by Gasteiger charge is 2.42. The van der Waals surface area contributed by atoms with Crippen molar-refractivity contribution in [3.05, 3.63) is 29.3 Å². The smallest absolute Gasteiger partial charge is 0.262 e. The van der Waals surface area contributed by atoms with Crippen molar-refractivity contribution in [1.82, 2.24) is 15.5 Å². The molecule has 1 atom stereocenters. The van der Waals surface area contributed by atoms with E-state index < -0.39 is 23.8 Å². The molecule has 0 saturated heterocycles. The van der Waals surface area contributed by atoms with E-state index in [1.165, 1.54) is 19.2 Å². The fraction of sp³-hybridized carbons (Fsp3) is 0.600. The summed E-state index contributed by atoms with van der Waals surface area (Å²) in [5, 5.41) is 5.43. The number of ether oxygens (including phenoxy) is 4. The normalized spacial score (nSPS) is 13.1. The van der Waals surface area contributed by atoms with E-state index in [-0.39, 0.29) is 30.6 Å². The van der Waals surface area contributed by atoms with Crippen molar-refractivity contribution in [2.24, 2.45) is 0 Å². The summed E-state index contributed by atoms with van der Waals surface area (Å²) in [6.45, 7) is 7.89. The number of rotatable bonds is 18. The summed E-state index contributed by atoms with van der Waals surface area (Å²) in [4.78, 5) is 49.5. The largest absolute Gasteiger partial charge is 0.491 e. The van der Waals surface area contributed by atoms with Gasteiger partial charge < -0.3 is 34.4 Å². The summed E-state index contributed by atoms with van der Waals surface area (Å²) in [7, 11) is 3.28. The Morgan fingerprint density at radius 3 is 2.08 bits per heavy atom. The van der Waals surface area contributed by atoms with Crippen molar-refractivity contribution in [2.45, 2.75) is 32.7 Å². The third-order valence-corrected chi connectivity index (χ3v) is 5.04. The summed E-state index contributed by atoms with van der Waals surface area (Å²) in [6.07, 6.45) is 0.757. The molecule has 1 aliphatic rings. The zero-order valence-corrected chi connectivity index (χ0v) is 21.7. The fourth-order valence-corrected chi connectivity index (χ4v) is 3.32. The predicted octanol–water partition coefficient (Wildman–Crippen LogP) is 1.05.